The van der Waals surface area contributed by atoms with Gasteiger partial charge in [0, 0.05) is 42.2 Å². The van der Waals surface area contributed by atoms with Crippen LogP contribution in [0.4, 0.5) is 5.69 Å². The van der Waals surface area contributed by atoms with Crippen molar-refractivity contribution in [3.63, 3.8) is 0 Å². The molecule has 0 aliphatic carbocycles. The molecule has 0 aliphatic rings. The van der Waals surface area contributed by atoms with Crippen molar-refractivity contribution in [3.8, 4) is 0 Å². The van der Waals surface area contributed by atoms with Gasteiger partial charge in [-0.25, -0.2) is 0 Å². The first-order valence-electron chi connectivity index (χ1n) is 9.98. The van der Waals surface area contributed by atoms with E-state index in [0.717, 1.165) is 5.69 Å². The molecule has 0 bridgehead atoms. The Morgan fingerprint density at radius 3 is 2.45 bits per heavy atom. The molecule has 3 heteroatoms. The maximum atomic E-state index is 13.0. The molecular weight excluding hydrogens is 356 g/mol. The molecule has 3 aromatic carbocycles. The van der Waals surface area contributed by atoms with Crippen molar-refractivity contribution in [2.75, 3.05) is 5.32 Å². The van der Waals surface area contributed by atoms with E-state index in [2.05, 4.69) is 78.6 Å². The van der Waals surface area contributed by atoms with Crippen LogP contribution >= 0.6 is 0 Å². The molecule has 0 radical (unpaired) electrons. The molecule has 29 heavy (non-hydrogen) atoms. The van der Waals surface area contributed by atoms with E-state index in [1.807, 2.05) is 31.2 Å². The summed E-state index contributed by atoms with van der Waals surface area (Å²) in [5.41, 5.74) is 6.75. The second kappa shape index (κ2) is 7.96. The number of carbonyl (C=O) groups is 1. The van der Waals surface area contributed by atoms with Crippen LogP contribution < -0.4 is 5.32 Å². The van der Waals surface area contributed by atoms with Gasteiger partial charge in [0.2, 0.25) is 5.91 Å². The van der Waals surface area contributed by atoms with Crippen LogP contribution in [0.25, 0.3) is 10.9 Å². The predicted molar refractivity (Wildman–Crippen MR) is 120 cm³/mol. The zero-order valence-electron chi connectivity index (χ0n) is 17.1. The Labute approximate surface area is 172 Å². The lowest BCUT2D eigenvalue weighted by Gasteiger charge is -2.18. The lowest BCUT2D eigenvalue weighted by molar-refractivity contribution is -0.116. The number of nitrogens with one attached hydrogen (secondary N) is 1. The van der Waals surface area contributed by atoms with Crippen molar-refractivity contribution < 1.29 is 4.79 Å². The van der Waals surface area contributed by atoms with Crippen LogP contribution in [0.5, 0.6) is 0 Å². The molecule has 3 nitrogen and oxygen atoms in total. The highest BCUT2D eigenvalue weighted by Crippen LogP contribution is 2.35. The number of benzene rings is 3. The Balaban J connectivity index is 1.71. The lowest BCUT2D eigenvalue weighted by Crippen LogP contribution is -2.16. The van der Waals surface area contributed by atoms with Gasteiger partial charge in [-0.2, -0.15) is 0 Å². The highest BCUT2D eigenvalue weighted by molar-refractivity contribution is 5.93. The van der Waals surface area contributed by atoms with Crippen LogP contribution in [0.3, 0.4) is 0 Å². The first kappa shape index (κ1) is 19.0. The fourth-order valence-electron chi connectivity index (χ4n) is 3.98. The second-order valence-corrected chi connectivity index (χ2v) is 7.80. The summed E-state index contributed by atoms with van der Waals surface area (Å²) in [5.74, 6) is 0.0136. The van der Waals surface area contributed by atoms with E-state index in [1.165, 1.54) is 33.2 Å². The molecule has 1 aromatic heterocycles. The third-order valence-electron chi connectivity index (χ3n) is 5.47. The summed E-state index contributed by atoms with van der Waals surface area (Å²) in [6.07, 6.45) is 2.56. The van der Waals surface area contributed by atoms with Crippen LogP contribution in [-0.4, -0.2) is 10.5 Å². The summed E-state index contributed by atoms with van der Waals surface area (Å²) in [6, 6.07) is 24.8. The summed E-state index contributed by atoms with van der Waals surface area (Å²) < 4.78 is 2.14. The van der Waals surface area contributed by atoms with E-state index in [1.54, 1.807) is 0 Å². The largest absolute Gasteiger partial charge is 0.350 e. The van der Waals surface area contributed by atoms with E-state index in [9.17, 15) is 4.79 Å². The number of amides is 1. The highest BCUT2D eigenvalue weighted by Gasteiger charge is 2.22. The van der Waals surface area contributed by atoms with Crippen molar-refractivity contribution >= 4 is 22.5 Å². The predicted octanol–water partition coefficient (Wildman–Crippen LogP) is 5.96. The fourth-order valence-corrected chi connectivity index (χ4v) is 3.98. The Kier molecular flexibility index (Phi) is 5.22. The van der Waals surface area contributed by atoms with Crippen molar-refractivity contribution in [2.45, 2.75) is 26.2 Å². The molecule has 0 saturated carbocycles. The minimum absolute atomic E-state index is 0.00792. The van der Waals surface area contributed by atoms with Crippen molar-refractivity contribution in [3.05, 3.63) is 101 Å². The van der Waals surface area contributed by atoms with Gasteiger partial charge in [-0.1, -0.05) is 65.7 Å². The lowest BCUT2D eigenvalue weighted by atomic mass is 9.87. The van der Waals surface area contributed by atoms with E-state index in [0.29, 0.717) is 6.42 Å². The fraction of sp³-hybridized carbons (Fsp3) is 0.192. The van der Waals surface area contributed by atoms with Crippen molar-refractivity contribution in [1.82, 2.24) is 4.57 Å². The van der Waals surface area contributed by atoms with Gasteiger partial charge in [-0.05, 0) is 43.2 Å². The van der Waals surface area contributed by atoms with E-state index in [-0.39, 0.29) is 11.8 Å². The molecule has 0 fully saturated rings. The molecule has 4 aromatic rings. The SMILES string of the molecule is Cc1ccc(NC(=O)CC(c2cccc(C)c2)c2cn(C)c3ccccc23)cc1. The van der Waals surface area contributed by atoms with Gasteiger partial charge in [0.25, 0.3) is 0 Å². The smallest absolute Gasteiger partial charge is 0.225 e. The van der Waals surface area contributed by atoms with Gasteiger partial charge < -0.3 is 9.88 Å². The number of aryl methyl sites for hydroxylation is 3. The van der Waals surface area contributed by atoms with Crippen LogP contribution in [0.2, 0.25) is 0 Å². The molecule has 0 spiro atoms. The molecule has 4 rings (SSSR count). The Morgan fingerprint density at radius 2 is 1.69 bits per heavy atom. The number of carbonyl (C=O) groups excluding carboxylic acids is 1. The quantitative estimate of drug-likeness (QED) is 0.454. The molecular formula is C26H26N2O. The molecule has 146 valence electrons. The molecule has 0 aliphatic heterocycles. The Morgan fingerprint density at radius 1 is 0.931 bits per heavy atom. The standard InChI is InChI=1S/C26H26N2O/c1-18-11-13-21(14-12-18)27-26(29)16-23(20-8-6-7-19(2)15-20)24-17-28(3)25-10-5-4-9-22(24)25/h4-15,17,23H,16H2,1-3H3,(H,27,29). The van der Waals surface area contributed by atoms with Gasteiger partial charge in [0.15, 0.2) is 0 Å². The molecule has 1 atom stereocenters. The number of hydrogen-bond donors (Lipinski definition) is 1. The third-order valence-corrected chi connectivity index (χ3v) is 5.47. The van der Waals surface area contributed by atoms with Gasteiger partial charge in [0.1, 0.15) is 0 Å². The number of fused-ring (bicyclic) bond motifs is 1. The summed E-state index contributed by atoms with van der Waals surface area (Å²) in [6.45, 7) is 4.13. The van der Waals surface area contributed by atoms with E-state index < -0.39 is 0 Å². The number of para-hydroxylation sites is 1. The third kappa shape index (κ3) is 4.09. The van der Waals surface area contributed by atoms with Crippen LogP contribution in [0.1, 0.15) is 34.6 Å². The molecule has 1 N–H and O–H groups in total. The average Bonchev–Trinajstić information content (AvgIpc) is 3.05. The van der Waals surface area contributed by atoms with Crippen LogP contribution in [0, 0.1) is 13.8 Å². The zero-order chi connectivity index (χ0) is 20.4. The van der Waals surface area contributed by atoms with Gasteiger partial charge in [-0.3, -0.25) is 4.79 Å². The summed E-state index contributed by atoms with van der Waals surface area (Å²) in [7, 11) is 2.06. The number of anilines is 1. The monoisotopic (exact) mass is 382 g/mol. The molecule has 0 saturated heterocycles. The Hall–Kier alpha value is -3.33. The van der Waals surface area contributed by atoms with E-state index >= 15 is 0 Å². The van der Waals surface area contributed by atoms with Crippen LogP contribution in [-0.2, 0) is 11.8 Å². The number of hydrogen-bond acceptors (Lipinski definition) is 1. The van der Waals surface area contributed by atoms with Gasteiger partial charge in [0.05, 0.1) is 0 Å². The average molecular weight is 383 g/mol. The van der Waals surface area contributed by atoms with Crippen LogP contribution in [0.15, 0.2) is 79.0 Å². The second-order valence-electron chi connectivity index (χ2n) is 7.80. The molecule has 1 amide bonds. The Bertz CT molecular complexity index is 1160. The maximum absolute atomic E-state index is 13.0. The number of rotatable bonds is 5. The van der Waals surface area contributed by atoms with E-state index in [4.69, 9.17) is 0 Å². The summed E-state index contributed by atoms with van der Waals surface area (Å²) in [5, 5.41) is 4.26. The van der Waals surface area contributed by atoms with Gasteiger partial charge >= 0.3 is 0 Å². The van der Waals surface area contributed by atoms with Gasteiger partial charge in [-0.15, -0.1) is 0 Å². The van der Waals surface area contributed by atoms with Crippen molar-refractivity contribution in [2.24, 2.45) is 7.05 Å². The number of aromatic nitrogens is 1. The normalized spacial score (nSPS) is 12.1. The summed E-state index contributed by atoms with van der Waals surface area (Å²) in [4.78, 5) is 13.0. The topological polar surface area (TPSA) is 34.0 Å². The highest BCUT2D eigenvalue weighted by atomic mass is 16.1. The van der Waals surface area contributed by atoms with Crippen molar-refractivity contribution in [1.29, 1.82) is 0 Å². The first-order chi connectivity index (χ1) is 14.0. The maximum Gasteiger partial charge on any atom is 0.225 e. The minimum Gasteiger partial charge on any atom is -0.350 e. The minimum atomic E-state index is -0.00792. The number of nitrogens with zero attached hydrogens (tertiary/aromatic N) is 1. The molecule has 1 unspecified atom stereocenters. The summed E-state index contributed by atoms with van der Waals surface area (Å²) >= 11 is 0. The molecule has 1 heterocycles. The zero-order valence-corrected chi connectivity index (χ0v) is 17.1. The first-order valence-corrected chi connectivity index (χ1v) is 9.98.